The van der Waals surface area contributed by atoms with Crippen LogP contribution in [0.1, 0.15) is 70.3 Å². The predicted molar refractivity (Wildman–Crippen MR) is 84.8 cm³/mol. The van der Waals surface area contributed by atoms with Crippen molar-refractivity contribution in [3.63, 3.8) is 0 Å². The van der Waals surface area contributed by atoms with Gasteiger partial charge in [0.05, 0.1) is 17.4 Å². The molecule has 1 aromatic heterocycles. The van der Waals surface area contributed by atoms with Gasteiger partial charge in [-0.05, 0) is 44.7 Å². The zero-order chi connectivity index (χ0) is 14.5. The topological polar surface area (TPSA) is 29.9 Å². The van der Waals surface area contributed by atoms with Crippen molar-refractivity contribution < 1.29 is 0 Å². The molecule has 0 bridgehead atoms. The molecule has 0 amide bonds. The third-order valence-corrected chi connectivity index (χ3v) is 4.90. The molecule has 3 unspecified atom stereocenters. The Kier molecular flexibility index (Phi) is 5.64. The Morgan fingerprint density at radius 3 is 2.70 bits per heavy atom. The minimum atomic E-state index is 0.478. The lowest BCUT2D eigenvalue weighted by Gasteiger charge is -2.37. The van der Waals surface area contributed by atoms with E-state index in [9.17, 15) is 0 Å². The van der Waals surface area contributed by atoms with Crippen LogP contribution in [0.4, 0.5) is 0 Å². The Bertz CT molecular complexity index is 410. The highest BCUT2D eigenvalue weighted by atomic mass is 15.3. The Balaban J connectivity index is 2.28. The second-order valence-corrected chi connectivity index (χ2v) is 6.18. The number of nitrogens with one attached hydrogen (secondary N) is 1. The zero-order valence-electron chi connectivity index (χ0n) is 13.7. The average molecular weight is 277 g/mol. The molecule has 114 valence electrons. The quantitative estimate of drug-likeness (QED) is 0.849. The van der Waals surface area contributed by atoms with Crippen LogP contribution in [0, 0.1) is 18.8 Å². The van der Waals surface area contributed by atoms with Crippen LogP contribution < -0.4 is 5.32 Å². The number of aryl methyl sites for hydroxylation is 2. The van der Waals surface area contributed by atoms with Crippen LogP contribution in [-0.4, -0.2) is 16.3 Å². The molecule has 1 aliphatic carbocycles. The van der Waals surface area contributed by atoms with E-state index < -0.39 is 0 Å². The number of hydrogen-bond donors (Lipinski definition) is 1. The molecular formula is C17H31N3. The van der Waals surface area contributed by atoms with Gasteiger partial charge in [-0.2, -0.15) is 5.10 Å². The molecule has 0 saturated heterocycles. The highest BCUT2D eigenvalue weighted by Gasteiger charge is 2.33. The molecule has 1 N–H and O–H groups in total. The first-order chi connectivity index (χ1) is 9.71. The van der Waals surface area contributed by atoms with Gasteiger partial charge in [0.1, 0.15) is 0 Å². The van der Waals surface area contributed by atoms with Crippen molar-refractivity contribution in [3.05, 3.63) is 17.5 Å². The van der Waals surface area contributed by atoms with Crippen molar-refractivity contribution in [2.24, 2.45) is 11.8 Å². The van der Waals surface area contributed by atoms with Gasteiger partial charge in [-0.3, -0.25) is 4.68 Å². The van der Waals surface area contributed by atoms with Crippen LogP contribution in [0.5, 0.6) is 0 Å². The predicted octanol–water partition coefficient (Wildman–Crippen LogP) is 4.08. The largest absolute Gasteiger partial charge is 0.309 e. The average Bonchev–Trinajstić information content (AvgIpc) is 2.85. The molecule has 1 aromatic rings. The summed E-state index contributed by atoms with van der Waals surface area (Å²) in [5.74, 6) is 1.64. The van der Waals surface area contributed by atoms with Gasteiger partial charge in [-0.15, -0.1) is 0 Å². The van der Waals surface area contributed by atoms with Crippen molar-refractivity contribution in [1.29, 1.82) is 0 Å². The summed E-state index contributed by atoms with van der Waals surface area (Å²) in [5, 5.41) is 8.41. The lowest BCUT2D eigenvalue weighted by Crippen LogP contribution is -2.35. The molecule has 0 spiro atoms. The summed E-state index contributed by atoms with van der Waals surface area (Å²) < 4.78 is 2.20. The normalized spacial score (nSPS) is 24.8. The van der Waals surface area contributed by atoms with Gasteiger partial charge in [0, 0.05) is 6.54 Å². The molecule has 3 heteroatoms. The fraction of sp³-hybridized carbons (Fsp3) is 0.824. The van der Waals surface area contributed by atoms with E-state index in [2.05, 4.69) is 48.9 Å². The Hall–Kier alpha value is -0.830. The maximum atomic E-state index is 4.65. The second kappa shape index (κ2) is 7.26. The number of rotatable bonds is 6. The standard InChI is InChI=1S/C17H31N3/c1-5-14-10-8-9-11-15(14)17(18-6-2)16-12-13(4)19-20(16)7-3/h12,14-15,17-18H,5-11H2,1-4H3. The lowest BCUT2D eigenvalue weighted by molar-refractivity contribution is 0.171. The van der Waals surface area contributed by atoms with Crippen LogP contribution in [-0.2, 0) is 6.54 Å². The first-order valence-electron chi connectivity index (χ1n) is 8.48. The molecule has 2 rings (SSSR count). The Morgan fingerprint density at radius 1 is 1.30 bits per heavy atom. The minimum Gasteiger partial charge on any atom is -0.309 e. The molecule has 0 aliphatic heterocycles. The van der Waals surface area contributed by atoms with E-state index in [0.717, 1.165) is 30.6 Å². The molecule has 3 nitrogen and oxygen atoms in total. The van der Waals surface area contributed by atoms with Gasteiger partial charge in [0.25, 0.3) is 0 Å². The van der Waals surface area contributed by atoms with Crippen LogP contribution in [0.2, 0.25) is 0 Å². The van der Waals surface area contributed by atoms with E-state index in [1.54, 1.807) is 0 Å². The number of nitrogens with zero attached hydrogens (tertiary/aromatic N) is 2. The summed E-state index contributed by atoms with van der Waals surface area (Å²) in [6.45, 7) is 10.9. The summed E-state index contributed by atoms with van der Waals surface area (Å²) in [4.78, 5) is 0. The van der Waals surface area contributed by atoms with Gasteiger partial charge in [0.2, 0.25) is 0 Å². The van der Waals surface area contributed by atoms with E-state index in [-0.39, 0.29) is 0 Å². The van der Waals surface area contributed by atoms with E-state index in [1.807, 2.05) is 0 Å². The lowest BCUT2D eigenvalue weighted by atomic mass is 9.73. The molecule has 1 saturated carbocycles. The van der Waals surface area contributed by atoms with E-state index in [4.69, 9.17) is 0 Å². The maximum absolute atomic E-state index is 4.65. The van der Waals surface area contributed by atoms with Crippen LogP contribution in [0.25, 0.3) is 0 Å². The van der Waals surface area contributed by atoms with Gasteiger partial charge in [-0.25, -0.2) is 0 Å². The van der Waals surface area contributed by atoms with Gasteiger partial charge in [-0.1, -0.05) is 39.5 Å². The van der Waals surface area contributed by atoms with Crippen molar-refractivity contribution in [1.82, 2.24) is 15.1 Å². The summed E-state index contributed by atoms with van der Waals surface area (Å²) in [6, 6.07) is 2.77. The minimum absolute atomic E-state index is 0.478. The SMILES string of the molecule is CCNC(c1cc(C)nn1CC)C1CCCCC1CC. The fourth-order valence-corrected chi connectivity index (χ4v) is 3.95. The monoisotopic (exact) mass is 277 g/mol. The van der Waals surface area contributed by atoms with E-state index in [0.29, 0.717) is 6.04 Å². The van der Waals surface area contributed by atoms with E-state index in [1.165, 1.54) is 37.8 Å². The van der Waals surface area contributed by atoms with Crippen LogP contribution in [0.15, 0.2) is 6.07 Å². The smallest absolute Gasteiger partial charge is 0.0597 e. The van der Waals surface area contributed by atoms with Crippen molar-refractivity contribution >= 4 is 0 Å². The van der Waals surface area contributed by atoms with Crippen molar-refractivity contribution in [3.8, 4) is 0 Å². The molecule has 0 aromatic carbocycles. The molecule has 1 fully saturated rings. The molecule has 20 heavy (non-hydrogen) atoms. The van der Waals surface area contributed by atoms with Gasteiger partial charge >= 0.3 is 0 Å². The van der Waals surface area contributed by atoms with Gasteiger partial charge in [0.15, 0.2) is 0 Å². The molecule has 3 atom stereocenters. The Labute approximate surface area is 124 Å². The number of hydrogen-bond acceptors (Lipinski definition) is 2. The summed E-state index contributed by atoms with van der Waals surface area (Å²) in [6.07, 6.45) is 6.89. The third-order valence-electron chi connectivity index (χ3n) is 4.90. The second-order valence-electron chi connectivity index (χ2n) is 6.18. The molecular weight excluding hydrogens is 246 g/mol. The first-order valence-corrected chi connectivity index (χ1v) is 8.48. The first kappa shape index (κ1) is 15.6. The van der Waals surface area contributed by atoms with E-state index >= 15 is 0 Å². The summed E-state index contributed by atoms with van der Waals surface area (Å²) >= 11 is 0. The van der Waals surface area contributed by atoms with Crippen molar-refractivity contribution in [2.75, 3.05) is 6.54 Å². The van der Waals surface area contributed by atoms with Crippen LogP contribution >= 0.6 is 0 Å². The molecule has 1 aliphatic rings. The fourth-order valence-electron chi connectivity index (χ4n) is 3.95. The Morgan fingerprint density at radius 2 is 2.05 bits per heavy atom. The third kappa shape index (κ3) is 3.25. The molecule has 0 radical (unpaired) electrons. The zero-order valence-corrected chi connectivity index (χ0v) is 13.7. The van der Waals surface area contributed by atoms with Crippen LogP contribution in [0.3, 0.4) is 0 Å². The summed E-state index contributed by atoms with van der Waals surface area (Å²) in [7, 11) is 0. The molecule has 1 heterocycles. The maximum Gasteiger partial charge on any atom is 0.0597 e. The highest BCUT2D eigenvalue weighted by Crippen LogP contribution is 2.40. The summed E-state index contributed by atoms with van der Waals surface area (Å²) in [5.41, 5.74) is 2.55. The number of aromatic nitrogens is 2. The van der Waals surface area contributed by atoms with Crippen molar-refractivity contribution in [2.45, 2.75) is 72.4 Å². The van der Waals surface area contributed by atoms with Gasteiger partial charge < -0.3 is 5.32 Å². The highest BCUT2D eigenvalue weighted by molar-refractivity contribution is 5.15.